The molecule has 1 aliphatic heterocycles. The second-order valence-corrected chi connectivity index (χ2v) is 4.48. The topological polar surface area (TPSA) is 68.8 Å². The van der Waals surface area contributed by atoms with E-state index in [1.165, 1.54) is 0 Å². The minimum absolute atomic E-state index is 0.0212. The van der Waals surface area contributed by atoms with Crippen molar-refractivity contribution in [2.45, 2.75) is 6.10 Å². The zero-order chi connectivity index (χ0) is 14.4. The van der Waals surface area contributed by atoms with E-state index in [4.69, 9.17) is 14.2 Å². The van der Waals surface area contributed by atoms with Crippen molar-refractivity contribution >= 4 is 5.91 Å². The highest BCUT2D eigenvalue weighted by Gasteiger charge is 2.16. The van der Waals surface area contributed by atoms with Crippen LogP contribution in [0, 0.1) is 0 Å². The maximum absolute atomic E-state index is 12.1. The van der Waals surface area contributed by atoms with E-state index in [1.54, 1.807) is 32.4 Å². The molecule has 1 aliphatic rings. The highest BCUT2D eigenvalue weighted by atomic mass is 16.5. The molecule has 1 unspecified atom stereocenters. The molecule has 1 amide bonds. The molecule has 0 bridgehead atoms. The zero-order valence-electron chi connectivity index (χ0n) is 11.8. The summed E-state index contributed by atoms with van der Waals surface area (Å²) >= 11 is 0. The summed E-state index contributed by atoms with van der Waals surface area (Å²) in [4.78, 5) is 12.1. The molecule has 0 radical (unpaired) electrons. The maximum atomic E-state index is 12.1. The first-order valence-electron chi connectivity index (χ1n) is 6.57. The van der Waals surface area contributed by atoms with E-state index < -0.39 is 0 Å². The number of rotatable bonds is 5. The Kier molecular flexibility index (Phi) is 5.20. The number of methoxy groups -OCH3 is 2. The van der Waals surface area contributed by atoms with E-state index in [2.05, 4.69) is 10.6 Å². The van der Waals surface area contributed by atoms with Crippen LogP contribution in [-0.2, 0) is 4.74 Å². The van der Waals surface area contributed by atoms with E-state index in [-0.39, 0.29) is 12.0 Å². The molecule has 2 rings (SSSR count). The summed E-state index contributed by atoms with van der Waals surface area (Å²) in [5.41, 5.74) is 0.534. The van der Waals surface area contributed by atoms with Gasteiger partial charge in [0.15, 0.2) is 11.5 Å². The molecule has 0 aliphatic carbocycles. The van der Waals surface area contributed by atoms with E-state index in [1.807, 2.05) is 0 Å². The molecule has 20 heavy (non-hydrogen) atoms. The minimum atomic E-state index is -0.153. The largest absolute Gasteiger partial charge is 0.493 e. The van der Waals surface area contributed by atoms with Gasteiger partial charge in [-0.1, -0.05) is 0 Å². The highest BCUT2D eigenvalue weighted by molar-refractivity contribution is 5.94. The molecular formula is C14H20N2O4. The van der Waals surface area contributed by atoms with Gasteiger partial charge in [-0.15, -0.1) is 0 Å². The van der Waals surface area contributed by atoms with Crippen molar-refractivity contribution in [1.82, 2.24) is 10.6 Å². The Morgan fingerprint density at radius 2 is 2.20 bits per heavy atom. The van der Waals surface area contributed by atoms with E-state index in [0.717, 1.165) is 13.1 Å². The lowest BCUT2D eigenvalue weighted by Gasteiger charge is -2.23. The number of ether oxygens (including phenoxy) is 3. The van der Waals surface area contributed by atoms with Crippen LogP contribution in [0.3, 0.4) is 0 Å². The molecule has 2 N–H and O–H groups in total. The summed E-state index contributed by atoms with van der Waals surface area (Å²) in [6, 6.07) is 5.08. The number of hydrogen-bond donors (Lipinski definition) is 2. The first kappa shape index (κ1) is 14.6. The summed E-state index contributed by atoms with van der Waals surface area (Å²) in [6.45, 7) is 2.78. The SMILES string of the molecule is COc1ccc(C(=O)NCC2CNCCO2)cc1OC. The molecule has 0 aromatic heterocycles. The molecule has 110 valence electrons. The Morgan fingerprint density at radius 1 is 1.40 bits per heavy atom. The number of morpholine rings is 1. The van der Waals surface area contributed by atoms with Gasteiger partial charge in [-0.3, -0.25) is 4.79 Å². The van der Waals surface area contributed by atoms with Crippen molar-refractivity contribution in [2.24, 2.45) is 0 Å². The fourth-order valence-corrected chi connectivity index (χ4v) is 2.04. The highest BCUT2D eigenvalue weighted by Crippen LogP contribution is 2.27. The van der Waals surface area contributed by atoms with Gasteiger partial charge in [-0.25, -0.2) is 0 Å². The Balaban J connectivity index is 1.94. The van der Waals surface area contributed by atoms with Crippen LogP contribution in [0.15, 0.2) is 18.2 Å². The summed E-state index contributed by atoms with van der Waals surface area (Å²) in [6.07, 6.45) is 0.0212. The maximum Gasteiger partial charge on any atom is 0.251 e. The molecule has 1 aromatic rings. The lowest BCUT2D eigenvalue weighted by atomic mass is 10.2. The predicted molar refractivity (Wildman–Crippen MR) is 74.5 cm³/mol. The van der Waals surface area contributed by atoms with Crippen LogP contribution in [0.25, 0.3) is 0 Å². The lowest BCUT2D eigenvalue weighted by Crippen LogP contribution is -2.45. The lowest BCUT2D eigenvalue weighted by molar-refractivity contribution is 0.0287. The van der Waals surface area contributed by atoms with Crippen LogP contribution >= 0.6 is 0 Å². The second kappa shape index (κ2) is 7.12. The van der Waals surface area contributed by atoms with Crippen LogP contribution < -0.4 is 20.1 Å². The molecule has 6 heteroatoms. The number of benzene rings is 1. The smallest absolute Gasteiger partial charge is 0.251 e. The molecule has 0 spiro atoms. The van der Waals surface area contributed by atoms with E-state index in [9.17, 15) is 4.79 Å². The quantitative estimate of drug-likeness (QED) is 0.818. The summed E-state index contributed by atoms with van der Waals surface area (Å²) < 4.78 is 15.8. The van der Waals surface area contributed by atoms with Gasteiger partial charge in [0.05, 0.1) is 26.9 Å². The summed E-state index contributed by atoms with van der Waals surface area (Å²) in [7, 11) is 3.10. The van der Waals surface area contributed by atoms with Gasteiger partial charge in [0.25, 0.3) is 5.91 Å². The van der Waals surface area contributed by atoms with Gasteiger partial charge >= 0.3 is 0 Å². The fourth-order valence-electron chi connectivity index (χ4n) is 2.04. The summed E-state index contributed by atoms with van der Waals surface area (Å²) in [5.74, 6) is 0.986. The number of hydrogen-bond acceptors (Lipinski definition) is 5. The van der Waals surface area contributed by atoms with Crippen LogP contribution in [0.5, 0.6) is 11.5 Å². The molecule has 1 saturated heterocycles. The normalized spacial score (nSPS) is 18.4. The predicted octanol–water partition coefficient (Wildman–Crippen LogP) is 0.422. The first-order chi connectivity index (χ1) is 9.74. The van der Waals surface area contributed by atoms with Gasteiger partial charge in [0.1, 0.15) is 0 Å². The van der Waals surface area contributed by atoms with Crippen LogP contribution in [0.4, 0.5) is 0 Å². The third-order valence-corrected chi connectivity index (χ3v) is 3.14. The average Bonchev–Trinajstić information content (AvgIpc) is 2.52. The van der Waals surface area contributed by atoms with Crippen molar-refractivity contribution in [3.05, 3.63) is 23.8 Å². The second-order valence-electron chi connectivity index (χ2n) is 4.48. The van der Waals surface area contributed by atoms with E-state index in [0.29, 0.717) is 30.2 Å². The average molecular weight is 280 g/mol. The van der Waals surface area contributed by atoms with Crippen molar-refractivity contribution in [3.8, 4) is 11.5 Å². The van der Waals surface area contributed by atoms with Crippen LogP contribution in [0.2, 0.25) is 0 Å². The third-order valence-electron chi connectivity index (χ3n) is 3.14. The molecule has 6 nitrogen and oxygen atoms in total. The Hall–Kier alpha value is -1.79. The van der Waals surface area contributed by atoms with Gasteiger partial charge < -0.3 is 24.8 Å². The van der Waals surface area contributed by atoms with Crippen LogP contribution in [0.1, 0.15) is 10.4 Å². The number of carbonyl (C=O) groups excluding carboxylic acids is 1. The van der Waals surface area contributed by atoms with Crippen molar-refractivity contribution < 1.29 is 19.0 Å². The van der Waals surface area contributed by atoms with Gasteiger partial charge in [0.2, 0.25) is 0 Å². The van der Waals surface area contributed by atoms with Gasteiger partial charge in [-0.05, 0) is 18.2 Å². The molecule has 1 atom stereocenters. The number of nitrogens with one attached hydrogen (secondary N) is 2. The van der Waals surface area contributed by atoms with E-state index >= 15 is 0 Å². The molecule has 1 fully saturated rings. The third kappa shape index (κ3) is 3.61. The Labute approximate surface area is 118 Å². The van der Waals surface area contributed by atoms with Crippen molar-refractivity contribution in [2.75, 3.05) is 40.5 Å². The van der Waals surface area contributed by atoms with Gasteiger partial charge in [0, 0.05) is 25.2 Å². The Morgan fingerprint density at radius 3 is 2.85 bits per heavy atom. The standard InChI is InChI=1S/C14H20N2O4/c1-18-12-4-3-10(7-13(12)19-2)14(17)16-9-11-8-15-5-6-20-11/h3-4,7,11,15H,5-6,8-9H2,1-2H3,(H,16,17). The number of carbonyl (C=O) groups is 1. The van der Waals surface area contributed by atoms with Crippen LogP contribution in [-0.4, -0.2) is 52.5 Å². The Bertz CT molecular complexity index is 458. The molecule has 1 aromatic carbocycles. The minimum Gasteiger partial charge on any atom is -0.493 e. The molecule has 0 saturated carbocycles. The molecular weight excluding hydrogens is 260 g/mol. The monoisotopic (exact) mass is 280 g/mol. The fraction of sp³-hybridized carbons (Fsp3) is 0.500. The van der Waals surface area contributed by atoms with Crippen molar-refractivity contribution in [3.63, 3.8) is 0 Å². The van der Waals surface area contributed by atoms with Crippen molar-refractivity contribution in [1.29, 1.82) is 0 Å². The number of amides is 1. The molecule has 1 heterocycles. The summed E-state index contributed by atoms with van der Waals surface area (Å²) in [5, 5.41) is 6.08. The zero-order valence-corrected chi connectivity index (χ0v) is 11.8. The van der Waals surface area contributed by atoms with Gasteiger partial charge in [-0.2, -0.15) is 0 Å². The first-order valence-corrected chi connectivity index (χ1v) is 6.57.